The molecule has 0 aliphatic heterocycles. The van der Waals surface area contributed by atoms with Gasteiger partial charge in [0.2, 0.25) is 0 Å². The van der Waals surface area contributed by atoms with Crippen LogP contribution in [0, 0.1) is 47.3 Å². The Labute approximate surface area is 357 Å². The summed E-state index contributed by atoms with van der Waals surface area (Å²) in [7, 11) is 0. The number of benzene rings is 1. The van der Waals surface area contributed by atoms with E-state index in [-0.39, 0.29) is 0 Å². The van der Waals surface area contributed by atoms with Gasteiger partial charge in [-0.15, -0.1) is 0 Å². The van der Waals surface area contributed by atoms with E-state index in [9.17, 15) is 0 Å². The first-order valence-electron chi connectivity index (χ1n) is 22.7. The fraction of sp³-hybridized carbons (Fsp3) is 0.233. The van der Waals surface area contributed by atoms with Crippen molar-refractivity contribution in [1.82, 2.24) is 0 Å². The van der Waals surface area contributed by atoms with Gasteiger partial charge in [0.05, 0.1) is 0 Å². The lowest BCUT2D eigenvalue weighted by Crippen LogP contribution is -2.41. The molecule has 0 aromatic heterocycles. The first-order valence-corrected chi connectivity index (χ1v) is 22.7. The third-order valence-corrected chi connectivity index (χ3v) is 14.6. The molecule has 8 unspecified atom stereocenters. The molecule has 10 aliphatic carbocycles. The van der Waals surface area contributed by atoms with Crippen molar-refractivity contribution in [3.05, 3.63) is 262 Å². The number of allylic oxidation sites excluding steroid dienone is 38. The second-order valence-corrected chi connectivity index (χ2v) is 18.0. The van der Waals surface area contributed by atoms with Crippen molar-refractivity contribution in [1.29, 1.82) is 0 Å². The van der Waals surface area contributed by atoms with Gasteiger partial charge < -0.3 is 0 Å². The normalized spacial score (nSPS) is 31.9. The maximum Gasteiger partial charge on any atom is 0.0134 e. The van der Waals surface area contributed by atoms with Gasteiger partial charge >= 0.3 is 0 Å². The van der Waals surface area contributed by atoms with Gasteiger partial charge in [-0.25, -0.2) is 0 Å². The smallest absolute Gasteiger partial charge is 0.0134 e. The quantitative estimate of drug-likeness (QED) is 0.259. The maximum atomic E-state index is 2.60. The molecule has 1 aromatic carbocycles. The minimum Gasteiger partial charge on any atom is -0.0839 e. The van der Waals surface area contributed by atoms with Crippen molar-refractivity contribution in [2.45, 2.75) is 38.5 Å². The molecule has 1 aromatic rings. The van der Waals surface area contributed by atoms with Crippen molar-refractivity contribution in [3.63, 3.8) is 0 Å². The number of hydrogen-bond donors (Lipinski definition) is 0. The minimum absolute atomic E-state index is 0.314. The van der Waals surface area contributed by atoms with Crippen LogP contribution in [0.25, 0.3) is 11.1 Å². The number of rotatable bonds is 7. The molecule has 294 valence electrons. The lowest BCUT2D eigenvalue weighted by atomic mass is 9.66. The Kier molecular flexibility index (Phi) is 10.0. The molecule has 0 saturated carbocycles. The van der Waals surface area contributed by atoms with Crippen LogP contribution < -0.4 is 10.4 Å². The Morgan fingerprint density at radius 2 is 1.22 bits per heavy atom. The third-order valence-electron chi connectivity index (χ3n) is 14.6. The monoisotopic (exact) mass is 774 g/mol. The summed E-state index contributed by atoms with van der Waals surface area (Å²) in [6.45, 7) is 0. The Morgan fingerprint density at radius 1 is 0.500 bits per heavy atom. The van der Waals surface area contributed by atoms with E-state index < -0.39 is 0 Å². The van der Waals surface area contributed by atoms with Crippen LogP contribution in [0.5, 0.6) is 0 Å². The molecule has 0 saturated heterocycles. The van der Waals surface area contributed by atoms with Crippen molar-refractivity contribution < 1.29 is 0 Å². The summed E-state index contributed by atoms with van der Waals surface area (Å²) in [6.07, 6.45) is 77.6. The fourth-order valence-electron chi connectivity index (χ4n) is 11.6. The van der Waals surface area contributed by atoms with Gasteiger partial charge in [-0.3, -0.25) is 0 Å². The zero-order valence-electron chi connectivity index (χ0n) is 34.5. The molecular weight excluding hydrogens is 721 g/mol. The van der Waals surface area contributed by atoms with E-state index in [1.807, 2.05) is 0 Å². The van der Waals surface area contributed by atoms with Gasteiger partial charge in [0.25, 0.3) is 0 Å². The molecule has 60 heavy (non-hydrogen) atoms. The Hall–Kier alpha value is -5.98. The molecule has 11 rings (SSSR count). The summed E-state index contributed by atoms with van der Waals surface area (Å²) in [6, 6.07) is 9.35. The largest absolute Gasteiger partial charge is 0.0839 e. The van der Waals surface area contributed by atoms with Crippen LogP contribution in [-0.2, 0) is 0 Å². The van der Waals surface area contributed by atoms with Crippen LogP contribution in [0.15, 0.2) is 251 Å². The summed E-state index contributed by atoms with van der Waals surface area (Å²) in [4.78, 5) is 0. The predicted octanol–water partition coefficient (Wildman–Crippen LogP) is 12.9. The number of hydrogen-bond acceptors (Lipinski definition) is 0. The molecule has 8 atom stereocenters. The molecule has 0 heterocycles. The Balaban J connectivity index is 0.937. The van der Waals surface area contributed by atoms with E-state index >= 15 is 0 Å². The van der Waals surface area contributed by atoms with Gasteiger partial charge in [-0.2, -0.15) is 0 Å². The molecule has 0 N–H and O–H groups in total. The highest BCUT2D eigenvalue weighted by Gasteiger charge is 2.36. The first kappa shape index (κ1) is 37.1. The van der Waals surface area contributed by atoms with Gasteiger partial charge in [0, 0.05) is 35.5 Å². The van der Waals surface area contributed by atoms with Crippen LogP contribution in [-0.4, -0.2) is 0 Å². The molecule has 0 fully saturated rings. The molecular formula is C60H54. The SMILES string of the molecule is C1=CCC(C2C=C(C3=CCCC=C3)C=C(C3=c4ccccc4=C(C4=CC=C(C=CC5=CC=C(C6=CC=CC7C=CC=CC67)C6C=CC=CC56)CC4)C4C=CC=CC34)C2)C=C1. The highest BCUT2D eigenvalue weighted by Crippen LogP contribution is 2.48. The average molecular weight is 775 g/mol. The first-order chi connectivity index (χ1) is 29.8. The predicted molar refractivity (Wildman–Crippen MR) is 253 cm³/mol. The molecule has 0 bridgehead atoms. The lowest BCUT2D eigenvalue weighted by Gasteiger charge is -2.37. The molecule has 0 amide bonds. The van der Waals surface area contributed by atoms with E-state index in [1.165, 1.54) is 66.2 Å². The van der Waals surface area contributed by atoms with E-state index in [1.54, 1.807) is 0 Å². The summed E-state index contributed by atoms with van der Waals surface area (Å²) >= 11 is 0. The van der Waals surface area contributed by atoms with E-state index in [2.05, 4.69) is 207 Å². The van der Waals surface area contributed by atoms with Crippen LogP contribution >= 0.6 is 0 Å². The third kappa shape index (κ3) is 6.91. The lowest BCUT2D eigenvalue weighted by molar-refractivity contribution is 0.468. The zero-order valence-corrected chi connectivity index (χ0v) is 34.5. The molecule has 0 radical (unpaired) electrons. The second-order valence-electron chi connectivity index (χ2n) is 18.0. The van der Waals surface area contributed by atoms with Gasteiger partial charge in [0.1, 0.15) is 0 Å². The highest BCUT2D eigenvalue weighted by molar-refractivity contribution is 5.82. The topological polar surface area (TPSA) is 0 Å². The van der Waals surface area contributed by atoms with Gasteiger partial charge in [0.15, 0.2) is 0 Å². The molecule has 0 nitrogen and oxygen atoms in total. The zero-order chi connectivity index (χ0) is 39.8. The van der Waals surface area contributed by atoms with Crippen molar-refractivity contribution in [2.24, 2.45) is 47.3 Å². The second kappa shape index (κ2) is 16.2. The van der Waals surface area contributed by atoms with Crippen molar-refractivity contribution in [3.8, 4) is 0 Å². The summed E-state index contributed by atoms with van der Waals surface area (Å²) < 4.78 is 0. The minimum atomic E-state index is 0.314. The van der Waals surface area contributed by atoms with Crippen LogP contribution in [0.3, 0.4) is 0 Å². The molecule has 0 heteroatoms. The average Bonchev–Trinajstić information content (AvgIpc) is 3.33. The molecule has 0 spiro atoms. The van der Waals surface area contributed by atoms with Crippen molar-refractivity contribution >= 4 is 11.1 Å². The van der Waals surface area contributed by atoms with Gasteiger partial charge in [-0.1, -0.05) is 207 Å². The highest BCUT2D eigenvalue weighted by atomic mass is 14.4. The summed E-state index contributed by atoms with van der Waals surface area (Å²) in [5.41, 5.74) is 14.6. The summed E-state index contributed by atoms with van der Waals surface area (Å²) in [5, 5.41) is 2.85. The Morgan fingerprint density at radius 3 is 1.97 bits per heavy atom. The van der Waals surface area contributed by atoms with Crippen LogP contribution in [0.2, 0.25) is 0 Å². The maximum absolute atomic E-state index is 2.60. The standard InChI is InChI=1S/C60H54/c1-3-16-42(17-4-1)47-38-48(43-18-5-2-6-19-43)40-49(39-47)60-57-27-13-11-25-55(57)59(56-26-12-14-28-58(56)60)46-34-31-41(32-35-46)30-33-45-36-37-54(52-24-10-9-23-51(45)52)53-29-15-21-44-20-7-8-22-50(44)53/h1,3-5,7-16,18-31,33-34,36-38,40,42,44,47,50-52,55,57H,2,6,17,32,35,39H2. The fourth-order valence-corrected chi connectivity index (χ4v) is 11.6. The molecule has 10 aliphatic rings. The number of fused-ring (bicyclic) bond motifs is 4. The van der Waals surface area contributed by atoms with Gasteiger partial charge in [-0.05, 0) is 117 Å². The Bertz CT molecular complexity index is 2720. The van der Waals surface area contributed by atoms with Crippen LogP contribution in [0.4, 0.5) is 0 Å². The van der Waals surface area contributed by atoms with Crippen LogP contribution in [0.1, 0.15) is 38.5 Å². The van der Waals surface area contributed by atoms with E-state index in [0.29, 0.717) is 47.3 Å². The summed E-state index contributed by atoms with van der Waals surface area (Å²) in [5.74, 6) is 3.22. The van der Waals surface area contributed by atoms with E-state index in [4.69, 9.17) is 0 Å². The van der Waals surface area contributed by atoms with E-state index in [0.717, 1.165) is 38.5 Å². The van der Waals surface area contributed by atoms with Crippen molar-refractivity contribution in [2.75, 3.05) is 0 Å².